The molecule has 0 saturated heterocycles. The topological polar surface area (TPSA) is 50.4 Å². The van der Waals surface area contributed by atoms with Crippen molar-refractivity contribution < 1.29 is 18.7 Å². The van der Waals surface area contributed by atoms with Gasteiger partial charge >= 0.3 is 5.97 Å². The van der Waals surface area contributed by atoms with E-state index in [9.17, 15) is 14.3 Å². The van der Waals surface area contributed by atoms with Crippen LogP contribution in [0.5, 0.6) is 0 Å². The van der Waals surface area contributed by atoms with Crippen LogP contribution in [-0.4, -0.2) is 11.1 Å². The number of hydrogen-bond acceptors (Lipinski definition) is 2. The summed E-state index contributed by atoms with van der Waals surface area (Å²) in [6.45, 7) is 0. The highest BCUT2D eigenvalue weighted by Gasteiger charge is 2.46. The predicted octanol–water partition coefficient (Wildman–Crippen LogP) is 3.47. The average molecular weight is 248 g/mol. The van der Waals surface area contributed by atoms with Gasteiger partial charge in [-0.1, -0.05) is 12.8 Å². The van der Waals surface area contributed by atoms with E-state index in [4.69, 9.17) is 4.42 Å². The van der Waals surface area contributed by atoms with Gasteiger partial charge in [-0.25, -0.2) is 4.39 Å². The molecule has 1 fully saturated rings. The Hall–Kier alpha value is -1.84. The van der Waals surface area contributed by atoms with E-state index in [1.54, 1.807) is 12.1 Å². The number of carboxylic acid groups (broad SMARTS) is 1. The van der Waals surface area contributed by atoms with Gasteiger partial charge in [0.15, 0.2) is 0 Å². The Balaban J connectivity index is 2.32. The summed E-state index contributed by atoms with van der Waals surface area (Å²) in [6.07, 6.45) is 4.03. The third-order valence-corrected chi connectivity index (χ3v) is 3.92. The maximum atomic E-state index is 14.1. The molecule has 0 radical (unpaired) electrons. The number of hydrogen-bond donors (Lipinski definition) is 1. The molecule has 0 amide bonds. The van der Waals surface area contributed by atoms with Gasteiger partial charge in [0.05, 0.1) is 11.7 Å². The Morgan fingerprint density at radius 2 is 2.00 bits per heavy atom. The van der Waals surface area contributed by atoms with E-state index in [0.29, 0.717) is 18.4 Å². The quantitative estimate of drug-likeness (QED) is 0.885. The smallest absolute Gasteiger partial charge is 0.314 e. The Morgan fingerprint density at radius 3 is 2.67 bits per heavy atom. The second-order valence-electron chi connectivity index (χ2n) is 4.86. The lowest BCUT2D eigenvalue weighted by Gasteiger charge is -2.24. The number of furan rings is 1. The molecule has 1 saturated carbocycles. The number of halogens is 1. The molecule has 2 aromatic rings. The van der Waals surface area contributed by atoms with Crippen LogP contribution in [0, 0.1) is 5.82 Å². The molecule has 18 heavy (non-hydrogen) atoms. The Bertz CT molecular complexity index is 609. The molecule has 1 heterocycles. The molecule has 1 N–H and O–H groups in total. The predicted molar refractivity (Wildman–Crippen MR) is 64.0 cm³/mol. The fourth-order valence-corrected chi connectivity index (χ4v) is 3.00. The molecule has 1 aromatic heterocycles. The van der Waals surface area contributed by atoms with E-state index in [0.717, 1.165) is 18.2 Å². The summed E-state index contributed by atoms with van der Waals surface area (Å²) in [5, 5.41) is 10.3. The third-order valence-electron chi connectivity index (χ3n) is 3.92. The van der Waals surface area contributed by atoms with Crippen molar-refractivity contribution in [2.45, 2.75) is 31.1 Å². The summed E-state index contributed by atoms with van der Waals surface area (Å²) in [5.74, 6) is -1.44. The lowest BCUT2D eigenvalue weighted by molar-refractivity contribution is -0.143. The molecule has 3 rings (SSSR count). The maximum Gasteiger partial charge on any atom is 0.314 e. The summed E-state index contributed by atoms with van der Waals surface area (Å²) >= 11 is 0. The molecule has 0 atom stereocenters. The summed E-state index contributed by atoms with van der Waals surface area (Å²) in [5.41, 5.74) is -0.532. The fourth-order valence-electron chi connectivity index (χ4n) is 3.00. The van der Waals surface area contributed by atoms with Crippen molar-refractivity contribution in [3.05, 3.63) is 35.8 Å². The summed E-state index contributed by atoms with van der Waals surface area (Å²) in [7, 11) is 0. The third kappa shape index (κ3) is 1.38. The first-order chi connectivity index (χ1) is 8.65. The van der Waals surface area contributed by atoms with E-state index in [-0.39, 0.29) is 5.56 Å². The SMILES string of the molecule is O=C(O)C1(c2c(F)ccc3ccoc23)CCCC1. The highest BCUT2D eigenvalue weighted by molar-refractivity contribution is 5.90. The van der Waals surface area contributed by atoms with Crippen LogP contribution in [-0.2, 0) is 10.2 Å². The largest absolute Gasteiger partial charge is 0.481 e. The molecule has 0 unspecified atom stereocenters. The van der Waals surface area contributed by atoms with Crippen LogP contribution in [0.15, 0.2) is 28.9 Å². The van der Waals surface area contributed by atoms with Crippen molar-refractivity contribution in [3.8, 4) is 0 Å². The van der Waals surface area contributed by atoms with Crippen molar-refractivity contribution in [3.63, 3.8) is 0 Å². The summed E-state index contributed by atoms with van der Waals surface area (Å²) < 4.78 is 19.4. The molecule has 1 aromatic carbocycles. The minimum atomic E-state index is -1.12. The normalized spacial score (nSPS) is 18.3. The van der Waals surface area contributed by atoms with E-state index < -0.39 is 17.2 Å². The first kappa shape index (κ1) is 11.3. The number of aliphatic carboxylic acids is 1. The van der Waals surface area contributed by atoms with Gasteiger partial charge in [0, 0.05) is 10.9 Å². The Labute approximate surface area is 103 Å². The van der Waals surface area contributed by atoms with Gasteiger partial charge in [-0.3, -0.25) is 4.79 Å². The van der Waals surface area contributed by atoms with Crippen molar-refractivity contribution in [1.29, 1.82) is 0 Å². The molecular weight excluding hydrogens is 235 g/mol. The second-order valence-corrected chi connectivity index (χ2v) is 4.86. The van der Waals surface area contributed by atoms with Crippen LogP contribution < -0.4 is 0 Å². The van der Waals surface area contributed by atoms with Gasteiger partial charge < -0.3 is 9.52 Å². The monoisotopic (exact) mass is 248 g/mol. The van der Waals surface area contributed by atoms with Gasteiger partial charge in [-0.15, -0.1) is 0 Å². The molecule has 1 aliphatic rings. The zero-order valence-electron chi connectivity index (χ0n) is 9.78. The minimum Gasteiger partial charge on any atom is -0.481 e. The van der Waals surface area contributed by atoms with Crippen LogP contribution in [0.2, 0.25) is 0 Å². The van der Waals surface area contributed by atoms with Crippen LogP contribution in [0.25, 0.3) is 11.0 Å². The molecule has 0 spiro atoms. The molecule has 4 heteroatoms. The molecular formula is C14H13FO3. The summed E-state index contributed by atoms with van der Waals surface area (Å²) in [4.78, 5) is 11.6. The first-order valence-electron chi connectivity index (χ1n) is 6.05. The summed E-state index contributed by atoms with van der Waals surface area (Å²) in [6, 6.07) is 4.67. The van der Waals surface area contributed by atoms with Crippen LogP contribution in [0.4, 0.5) is 4.39 Å². The van der Waals surface area contributed by atoms with Crippen LogP contribution in [0.1, 0.15) is 31.2 Å². The first-order valence-corrected chi connectivity index (χ1v) is 6.05. The van der Waals surface area contributed by atoms with E-state index >= 15 is 0 Å². The van der Waals surface area contributed by atoms with Gasteiger partial charge in [0.2, 0.25) is 0 Å². The highest BCUT2D eigenvalue weighted by Crippen LogP contribution is 2.45. The van der Waals surface area contributed by atoms with Gasteiger partial charge in [0.1, 0.15) is 11.4 Å². The zero-order chi connectivity index (χ0) is 12.8. The fraction of sp³-hybridized carbons (Fsp3) is 0.357. The maximum absolute atomic E-state index is 14.1. The zero-order valence-corrected chi connectivity index (χ0v) is 9.78. The van der Waals surface area contributed by atoms with E-state index in [1.807, 2.05) is 0 Å². The average Bonchev–Trinajstić information content (AvgIpc) is 2.96. The molecule has 0 aliphatic heterocycles. The lowest BCUT2D eigenvalue weighted by atomic mass is 9.78. The minimum absolute atomic E-state index is 0.218. The van der Waals surface area contributed by atoms with Crippen molar-refractivity contribution in [2.24, 2.45) is 0 Å². The van der Waals surface area contributed by atoms with Crippen molar-refractivity contribution in [2.75, 3.05) is 0 Å². The van der Waals surface area contributed by atoms with Crippen molar-refractivity contribution >= 4 is 16.9 Å². The number of rotatable bonds is 2. The van der Waals surface area contributed by atoms with Crippen LogP contribution in [0.3, 0.4) is 0 Å². The van der Waals surface area contributed by atoms with Crippen molar-refractivity contribution in [1.82, 2.24) is 0 Å². The molecule has 3 nitrogen and oxygen atoms in total. The molecule has 0 bridgehead atoms. The number of benzene rings is 1. The lowest BCUT2D eigenvalue weighted by Crippen LogP contribution is -2.33. The number of carbonyl (C=O) groups is 1. The number of fused-ring (bicyclic) bond motifs is 1. The van der Waals surface area contributed by atoms with Gasteiger partial charge in [-0.05, 0) is 31.0 Å². The van der Waals surface area contributed by atoms with E-state index in [1.165, 1.54) is 12.3 Å². The second kappa shape index (κ2) is 3.83. The Morgan fingerprint density at radius 1 is 1.28 bits per heavy atom. The number of carboxylic acids is 1. The molecule has 1 aliphatic carbocycles. The Kier molecular flexibility index (Phi) is 2.40. The highest BCUT2D eigenvalue weighted by atomic mass is 19.1. The van der Waals surface area contributed by atoms with Gasteiger partial charge in [0.25, 0.3) is 0 Å². The standard InChI is InChI=1S/C14H13FO3/c15-10-4-3-9-5-8-18-12(9)11(10)14(13(16)17)6-1-2-7-14/h3-5,8H,1-2,6-7H2,(H,16,17). The van der Waals surface area contributed by atoms with E-state index in [2.05, 4.69) is 0 Å². The van der Waals surface area contributed by atoms with Gasteiger partial charge in [-0.2, -0.15) is 0 Å². The molecule has 94 valence electrons. The van der Waals surface area contributed by atoms with Crippen LogP contribution >= 0.6 is 0 Å².